The normalized spacial score (nSPS) is 13.8. The Kier molecular flexibility index (Phi) is 8.92. The van der Waals surface area contributed by atoms with Crippen LogP contribution in [-0.2, 0) is 0 Å². The van der Waals surface area contributed by atoms with E-state index in [1.54, 1.807) is 43.3 Å². The van der Waals surface area contributed by atoms with Crippen LogP contribution < -0.4 is 4.74 Å². The van der Waals surface area contributed by atoms with Gasteiger partial charge in [0.25, 0.3) is 6.43 Å². The third kappa shape index (κ3) is 5.58. The first kappa shape index (κ1) is 24.7. The zero-order valence-corrected chi connectivity index (χ0v) is 19.1. The van der Waals surface area contributed by atoms with Gasteiger partial charge < -0.3 is 9.64 Å². The molecule has 7 heteroatoms. The van der Waals surface area contributed by atoms with Crippen LogP contribution in [0.15, 0.2) is 65.3 Å². The van der Waals surface area contributed by atoms with Crippen LogP contribution in [-0.4, -0.2) is 24.5 Å². The Balaban J connectivity index is 0.00000166. The molecule has 0 fully saturated rings. The van der Waals surface area contributed by atoms with E-state index in [-0.39, 0.29) is 23.8 Å². The molecule has 0 saturated carbocycles. The summed E-state index contributed by atoms with van der Waals surface area (Å²) in [4.78, 5) is 1.14. The second-order valence-electron chi connectivity index (χ2n) is 6.26. The van der Waals surface area contributed by atoms with E-state index >= 15 is 8.78 Å². The predicted molar refractivity (Wildman–Crippen MR) is 121 cm³/mol. The zero-order valence-electron chi connectivity index (χ0n) is 17.6. The van der Waals surface area contributed by atoms with Gasteiger partial charge in [-0.25, -0.2) is 17.6 Å². The summed E-state index contributed by atoms with van der Waals surface area (Å²) < 4.78 is 62.4. The summed E-state index contributed by atoms with van der Waals surface area (Å²) in [5.41, 5.74) is 0.784. The molecule has 1 aliphatic heterocycles. The van der Waals surface area contributed by atoms with Crippen molar-refractivity contribution < 1.29 is 22.3 Å². The van der Waals surface area contributed by atoms with E-state index in [2.05, 4.69) is 22.5 Å². The lowest BCUT2D eigenvalue weighted by molar-refractivity contribution is 0.123. The van der Waals surface area contributed by atoms with Crippen LogP contribution in [0.5, 0.6) is 5.75 Å². The van der Waals surface area contributed by atoms with Gasteiger partial charge in [0.1, 0.15) is 17.4 Å². The molecule has 0 spiro atoms. The first-order valence-electron chi connectivity index (χ1n) is 9.87. The first-order valence-corrected chi connectivity index (χ1v) is 10.7. The second kappa shape index (κ2) is 11.2. The van der Waals surface area contributed by atoms with Gasteiger partial charge in [0.15, 0.2) is 0 Å². The van der Waals surface area contributed by atoms with E-state index in [1.165, 1.54) is 0 Å². The van der Waals surface area contributed by atoms with Crippen LogP contribution in [0, 0.1) is 11.6 Å². The van der Waals surface area contributed by atoms with E-state index in [4.69, 9.17) is 4.74 Å². The number of benzene rings is 2. The Hall–Kier alpha value is -2.54. The maximum absolute atomic E-state index is 15.0. The highest BCUT2D eigenvalue weighted by Gasteiger charge is 2.31. The molecule has 0 radical (unpaired) electrons. The summed E-state index contributed by atoms with van der Waals surface area (Å²) in [5, 5.41) is 0. The van der Waals surface area contributed by atoms with Crippen molar-refractivity contribution in [1.29, 1.82) is 0 Å². The average Bonchev–Trinajstić information content (AvgIpc) is 2.74. The Morgan fingerprint density at radius 3 is 2.16 bits per heavy atom. The first-order chi connectivity index (χ1) is 14.8. The van der Waals surface area contributed by atoms with Gasteiger partial charge in [0, 0.05) is 27.9 Å². The van der Waals surface area contributed by atoms with Gasteiger partial charge in [0.2, 0.25) is 0 Å². The highest BCUT2D eigenvalue weighted by Crippen LogP contribution is 2.43. The molecule has 0 saturated heterocycles. The molecule has 0 N–H and O–H groups in total. The summed E-state index contributed by atoms with van der Waals surface area (Å²) in [7, 11) is 0. The van der Waals surface area contributed by atoms with Crippen molar-refractivity contribution in [2.75, 3.05) is 13.2 Å². The van der Waals surface area contributed by atoms with Gasteiger partial charge in [0.05, 0.1) is 24.4 Å². The fourth-order valence-corrected chi connectivity index (χ4v) is 3.60. The third-order valence-electron chi connectivity index (χ3n) is 4.37. The maximum Gasteiger partial charge on any atom is 0.256 e. The molecule has 0 amide bonds. The monoisotopic (exact) mass is 497 g/mol. The van der Waals surface area contributed by atoms with E-state index < -0.39 is 30.2 Å². The molecule has 31 heavy (non-hydrogen) atoms. The average molecular weight is 498 g/mol. The van der Waals surface area contributed by atoms with Crippen LogP contribution in [0.1, 0.15) is 31.9 Å². The van der Waals surface area contributed by atoms with Crippen molar-refractivity contribution in [2.24, 2.45) is 0 Å². The molecular formula is C24H24BrF4NO. The molecule has 1 heterocycles. The number of hydrogen-bond acceptors (Lipinski definition) is 2. The number of halogens is 5. The van der Waals surface area contributed by atoms with E-state index in [0.717, 1.165) is 17.0 Å². The van der Waals surface area contributed by atoms with Crippen molar-refractivity contribution >= 4 is 27.2 Å². The van der Waals surface area contributed by atoms with Crippen LogP contribution >= 0.6 is 15.9 Å². The summed E-state index contributed by atoms with van der Waals surface area (Å²) in [5.74, 6) is -1.79. The lowest BCUT2D eigenvalue weighted by Gasteiger charge is -2.34. The second-order valence-corrected chi connectivity index (χ2v) is 7.12. The molecule has 166 valence electrons. The Bertz CT molecular complexity index is 963. The summed E-state index contributed by atoms with van der Waals surface area (Å²) in [6.07, 6.45) is -1.12. The Morgan fingerprint density at radius 1 is 1.06 bits per heavy atom. The molecule has 0 unspecified atom stereocenters. The minimum Gasteiger partial charge on any atom is -0.494 e. The standard InChI is InChI=1S/C22H18BrF4NO.C2H6/c1-3-29-15-9-18(24)21(19(25)10-15)22-16(14-7-5-4-6-8-14)11-17(23)13(2)28(22)12-20(26)27;1-2/h4-11,20H,2-3,12H2,1H3;1-2H3. The van der Waals surface area contributed by atoms with Gasteiger partial charge >= 0.3 is 0 Å². The molecule has 2 nitrogen and oxygen atoms in total. The minimum absolute atomic E-state index is 0.0113. The van der Waals surface area contributed by atoms with Gasteiger partial charge in [-0.15, -0.1) is 0 Å². The van der Waals surface area contributed by atoms with E-state index in [1.807, 2.05) is 13.8 Å². The number of alkyl halides is 2. The number of allylic oxidation sites excluding steroid dienone is 3. The van der Waals surface area contributed by atoms with Crippen molar-refractivity contribution in [1.82, 2.24) is 4.90 Å². The SMILES string of the molecule is C=C1C(Br)=CC(c2ccccc2)=C(c2c(F)cc(OCC)cc2F)N1CC(F)F.CC. The summed E-state index contributed by atoms with van der Waals surface area (Å²) in [6, 6.07) is 10.9. The third-order valence-corrected chi connectivity index (χ3v) is 5.05. The summed E-state index contributed by atoms with van der Waals surface area (Å²) >= 11 is 3.32. The topological polar surface area (TPSA) is 12.5 Å². The molecule has 3 rings (SSSR count). The minimum atomic E-state index is -2.74. The molecule has 2 aromatic rings. The number of ether oxygens (including phenoxy) is 1. The zero-order chi connectivity index (χ0) is 23.1. The van der Waals surface area contributed by atoms with Gasteiger partial charge in [-0.2, -0.15) is 0 Å². The van der Waals surface area contributed by atoms with E-state index in [0.29, 0.717) is 15.6 Å². The van der Waals surface area contributed by atoms with Crippen molar-refractivity contribution in [3.8, 4) is 5.75 Å². The van der Waals surface area contributed by atoms with Crippen LogP contribution in [0.4, 0.5) is 17.6 Å². The van der Waals surface area contributed by atoms with Gasteiger partial charge in [-0.1, -0.05) is 50.8 Å². The maximum atomic E-state index is 15.0. The Labute approximate surface area is 188 Å². The van der Waals surface area contributed by atoms with Crippen LogP contribution in [0.2, 0.25) is 0 Å². The van der Waals surface area contributed by atoms with Crippen molar-refractivity contribution in [3.05, 3.63) is 88.1 Å². The molecule has 0 aromatic heterocycles. The predicted octanol–water partition coefficient (Wildman–Crippen LogP) is 7.63. The fraction of sp³-hybridized carbons (Fsp3) is 0.250. The van der Waals surface area contributed by atoms with Gasteiger partial charge in [-0.05, 0) is 34.5 Å². The van der Waals surface area contributed by atoms with Crippen LogP contribution in [0.3, 0.4) is 0 Å². The number of hydrogen-bond donors (Lipinski definition) is 0. The molecular weight excluding hydrogens is 474 g/mol. The molecule has 2 aromatic carbocycles. The largest absolute Gasteiger partial charge is 0.494 e. The van der Waals surface area contributed by atoms with Gasteiger partial charge in [-0.3, -0.25) is 0 Å². The molecule has 0 aliphatic carbocycles. The Morgan fingerprint density at radius 2 is 1.65 bits per heavy atom. The molecule has 0 bridgehead atoms. The smallest absolute Gasteiger partial charge is 0.256 e. The molecule has 1 aliphatic rings. The number of nitrogens with zero attached hydrogens (tertiary/aromatic N) is 1. The number of rotatable bonds is 6. The van der Waals surface area contributed by atoms with E-state index in [9.17, 15) is 8.78 Å². The van der Waals surface area contributed by atoms with Crippen LogP contribution in [0.25, 0.3) is 11.3 Å². The lowest BCUT2D eigenvalue weighted by Crippen LogP contribution is -2.30. The fourth-order valence-electron chi connectivity index (χ4n) is 3.16. The van der Waals surface area contributed by atoms with Crippen molar-refractivity contribution in [2.45, 2.75) is 27.2 Å². The quantitative estimate of drug-likeness (QED) is 0.380. The molecule has 0 atom stereocenters. The van der Waals surface area contributed by atoms with Crippen molar-refractivity contribution in [3.63, 3.8) is 0 Å². The highest BCUT2D eigenvalue weighted by atomic mass is 79.9. The lowest BCUT2D eigenvalue weighted by atomic mass is 9.94. The summed E-state index contributed by atoms with van der Waals surface area (Å²) in [6.45, 7) is 8.98. The highest BCUT2D eigenvalue weighted by molar-refractivity contribution is 9.12.